The molecule has 3 unspecified atom stereocenters. The number of ether oxygens (including phenoxy) is 1. The molecule has 2 aliphatic rings. The van der Waals surface area contributed by atoms with Crippen LogP contribution in [0.4, 0.5) is 0 Å². The molecule has 2 saturated heterocycles. The number of carbonyl (C=O) groups excluding carboxylic acids is 1. The van der Waals surface area contributed by atoms with Gasteiger partial charge in [-0.15, -0.1) is 0 Å². The van der Waals surface area contributed by atoms with E-state index in [0.717, 1.165) is 0 Å². The lowest BCUT2D eigenvalue weighted by Crippen LogP contribution is -2.46. The van der Waals surface area contributed by atoms with Gasteiger partial charge in [-0.05, 0) is 13.5 Å². The van der Waals surface area contributed by atoms with E-state index in [1.807, 2.05) is 0 Å². The Labute approximate surface area is 88.4 Å². The van der Waals surface area contributed by atoms with Crippen molar-refractivity contribution in [3.8, 4) is 0 Å². The molecule has 6 nitrogen and oxygen atoms in total. The quantitative estimate of drug-likeness (QED) is 0.400. The van der Waals surface area contributed by atoms with E-state index in [1.165, 1.54) is 7.05 Å². The molecule has 2 rings (SSSR count). The minimum absolute atomic E-state index is 0.126. The predicted octanol–water partition coefficient (Wildman–Crippen LogP) is -2.18. The fraction of sp³-hybridized carbons (Fsp3) is 0.889. The molecule has 1 amide bonds. The van der Waals surface area contributed by atoms with Gasteiger partial charge in [0.1, 0.15) is 12.2 Å². The Kier molecular flexibility index (Phi) is 4.04. The maximum Gasteiger partial charge on any atom is 0.225 e. The predicted molar refractivity (Wildman–Crippen MR) is 53.0 cm³/mol. The summed E-state index contributed by atoms with van der Waals surface area (Å²) in [5.74, 6) is -0.438. The molecule has 5 atom stereocenters. The van der Waals surface area contributed by atoms with Crippen molar-refractivity contribution in [2.24, 2.45) is 11.7 Å². The van der Waals surface area contributed by atoms with Crippen LogP contribution in [-0.4, -0.2) is 54.6 Å². The second kappa shape index (κ2) is 4.89. The van der Waals surface area contributed by atoms with E-state index in [4.69, 9.17) is 4.74 Å². The first-order valence-electron chi connectivity index (χ1n) is 4.96. The molecule has 0 aromatic heterocycles. The zero-order valence-corrected chi connectivity index (χ0v) is 8.88. The summed E-state index contributed by atoms with van der Waals surface area (Å²) in [4.78, 5) is 11.3. The second-order valence-corrected chi connectivity index (χ2v) is 3.58. The first-order valence-corrected chi connectivity index (χ1v) is 4.96. The molecule has 0 radical (unpaired) electrons. The molecule has 6 heteroatoms. The highest BCUT2D eigenvalue weighted by molar-refractivity contribution is 5.79. The van der Waals surface area contributed by atoms with E-state index in [0.29, 0.717) is 6.42 Å². The number of aliphatic hydroxyl groups excluding tert-OH is 2. The highest BCUT2D eigenvalue weighted by Crippen LogP contribution is 2.39. The van der Waals surface area contributed by atoms with Crippen molar-refractivity contribution in [1.29, 1.82) is 0 Å². The zero-order valence-electron chi connectivity index (χ0n) is 8.88. The highest BCUT2D eigenvalue weighted by Gasteiger charge is 2.55. The largest absolute Gasteiger partial charge is 0.388 e. The molecule has 0 aromatic rings. The summed E-state index contributed by atoms with van der Waals surface area (Å²) < 4.78 is 5.27. The minimum Gasteiger partial charge on any atom is -0.388 e. The summed E-state index contributed by atoms with van der Waals surface area (Å²) in [6.07, 6.45) is -2.14. The molecule has 2 heterocycles. The third kappa shape index (κ3) is 1.98. The number of fused-ring (bicyclic) bond motifs is 2. The van der Waals surface area contributed by atoms with Crippen molar-refractivity contribution in [3.05, 3.63) is 0 Å². The Balaban J connectivity index is 0.000000531. The van der Waals surface area contributed by atoms with E-state index in [-0.39, 0.29) is 17.9 Å². The van der Waals surface area contributed by atoms with Crippen LogP contribution in [-0.2, 0) is 9.53 Å². The molecule has 5 N–H and O–H groups in total. The molecule has 15 heavy (non-hydrogen) atoms. The van der Waals surface area contributed by atoms with Crippen molar-refractivity contribution in [1.82, 2.24) is 5.32 Å². The van der Waals surface area contributed by atoms with Crippen LogP contribution in [0.25, 0.3) is 0 Å². The Bertz CT molecular complexity index is 234. The number of carbonyl (C=O) groups is 1. The van der Waals surface area contributed by atoms with E-state index in [2.05, 4.69) is 11.1 Å². The van der Waals surface area contributed by atoms with Crippen LogP contribution in [0.15, 0.2) is 0 Å². The van der Waals surface area contributed by atoms with Gasteiger partial charge >= 0.3 is 0 Å². The molecule has 0 aromatic carbocycles. The molecule has 2 aliphatic heterocycles. The summed E-state index contributed by atoms with van der Waals surface area (Å²) in [7, 11) is 3.05. The minimum atomic E-state index is -0.916. The van der Waals surface area contributed by atoms with Crippen molar-refractivity contribution in [3.63, 3.8) is 0 Å². The zero-order chi connectivity index (χ0) is 11.6. The van der Waals surface area contributed by atoms with Crippen LogP contribution in [0, 0.1) is 5.92 Å². The molecular formula is C9H18N2O4. The van der Waals surface area contributed by atoms with Crippen molar-refractivity contribution >= 4 is 5.91 Å². The molecule has 2 bridgehead atoms. The van der Waals surface area contributed by atoms with Gasteiger partial charge in [0.25, 0.3) is 0 Å². The van der Waals surface area contributed by atoms with Gasteiger partial charge in [-0.3, -0.25) is 4.79 Å². The number of amides is 1. The molecule has 2 fully saturated rings. The van der Waals surface area contributed by atoms with Crippen LogP contribution in [0.1, 0.15) is 6.42 Å². The van der Waals surface area contributed by atoms with E-state index in [9.17, 15) is 15.0 Å². The van der Waals surface area contributed by atoms with Gasteiger partial charge in [0.05, 0.1) is 18.1 Å². The van der Waals surface area contributed by atoms with Gasteiger partial charge in [0.2, 0.25) is 5.91 Å². The summed E-state index contributed by atoms with van der Waals surface area (Å²) in [6, 6.07) is 0. The molecule has 88 valence electrons. The lowest BCUT2D eigenvalue weighted by atomic mass is 9.85. The monoisotopic (exact) mass is 218 g/mol. The van der Waals surface area contributed by atoms with Crippen molar-refractivity contribution in [2.75, 3.05) is 14.1 Å². The summed E-state index contributed by atoms with van der Waals surface area (Å²) >= 11 is 0. The molecular weight excluding hydrogens is 200 g/mol. The van der Waals surface area contributed by atoms with Gasteiger partial charge in [0.15, 0.2) is 0 Å². The van der Waals surface area contributed by atoms with E-state index in [1.54, 1.807) is 7.05 Å². The topological polar surface area (TPSA) is 105 Å². The van der Waals surface area contributed by atoms with Crippen LogP contribution in [0.2, 0.25) is 0 Å². The summed E-state index contributed by atoms with van der Waals surface area (Å²) in [5.41, 5.74) is 4.50. The fourth-order valence-corrected chi connectivity index (χ4v) is 2.13. The molecule has 0 saturated carbocycles. The van der Waals surface area contributed by atoms with Gasteiger partial charge in [0, 0.05) is 7.05 Å². The number of aliphatic hydroxyl groups is 2. The second-order valence-electron chi connectivity index (χ2n) is 3.58. The van der Waals surface area contributed by atoms with Gasteiger partial charge in [-0.2, -0.15) is 0 Å². The van der Waals surface area contributed by atoms with Crippen LogP contribution in [0.3, 0.4) is 0 Å². The average molecular weight is 218 g/mol. The third-order valence-electron chi connectivity index (χ3n) is 2.87. The van der Waals surface area contributed by atoms with Crippen LogP contribution in [0.5, 0.6) is 0 Å². The lowest BCUT2D eigenvalue weighted by Gasteiger charge is -2.24. The van der Waals surface area contributed by atoms with Crippen LogP contribution < -0.4 is 11.1 Å². The first-order chi connectivity index (χ1) is 7.15. The van der Waals surface area contributed by atoms with Crippen LogP contribution >= 0.6 is 0 Å². The fourth-order valence-electron chi connectivity index (χ4n) is 2.13. The third-order valence-corrected chi connectivity index (χ3v) is 2.87. The van der Waals surface area contributed by atoms with Gasteiger partial charge < -0.3 is 26.0 Å². The van der Waals surface area contributed by atoms with Gasteiger partial charge in [-0.1, -0.05) is 0 Å². The Morgan fingerprint density at radius 2 is 2.00 bits per heavy atom. The Morgan fingerprint density at radius 1 is 1.40 bits per heavy atom. The smallest absolute Gasteiger partial charge is 0.225 e. The van der Waals surface area contributed by atoms with E-state index < -0.39 is 18.3 Å². The van der Waals surface area contributed by atoms with E-state index >= 15 is 0 Å². The van der Waals surface area contributed by atoms with Crippen molar-refractivity contribution < 1.29 is 19.7 Å². The number of nitrogens with one attached hydrogen (secondary N) is 1. The maximum absolute atomic E-state index is 11.3. The lowest BCUT2D eigenvalue weighted by molar-refractivity contribution is -0.128. The van der Waals surface area contributed by atoms with Gasteiger partial charge in [-0.25, -0.2) is 0 Å². The maximum atomic E-state index is 11.3. The molecule has 0 spiro atoms. The number of rotatable bonds is 1. The Morgan fingerprint density at radius 3 is 2.40 bits per heavy atom. The standard InChI is InChI=1S/C8H13NO4.CH5N/c1-9-8(12)3-2-4-5(10)6(11)7(3)13-4;1-2/h3-7,10-11H,2H2,1H3,(H,9,12);2H2,1H3/t3?,4?,5?,6-,7-;/m0./s1. The SMILES string of the molecule is CN.CNC(=O)C1CC2O[C@@H]1[C@@H](O)C2O. The number of hydrogen-bond acceptors (Lipinski definition) is 5. The molecule has 0 aliphatic carbocycles. The highest BCUT2D eigenvalue weighted by atomic mass is 16.5. The van der Waals surface area contributed by atoms with Crippen molar-refractivity contribution in [2.45, 2.75) is 30.8 Å². The average Bonchev–Trinajstić information content (AvgIpc) is 2.82. The first kappa shape index (κ1) is 12.4. The number of hydrogen-bond donors (Lipinski definition) is 4. The summed E-state index contributed by atoms with van der Waals surface area (Å²) in [5, 5.41) is 21.3. The summed E-state index contributed by atoms with van der Waals surface area (Å²) in [6.45, 7) is 0. The Hall–Kier alpha value is -0.690. The number of nitrogens with two attached hydrogens (primary N) is 1. The normalized spacial score (nSPS) is 42.1.